The lowest BCUT2D eigenvalue weighted by Crippen LogP contribution is -2.44. The number of aromatic nitrogens is 1. The molecule has 0 spiro atoms. The Morgan fingerprint density at radius 2 is 1.88 bits per heavy atom. The SMILES string of the molecule is CCCC1=C(C(=O)OCC)[C@@H](c2c(OC)ccc3ccccc23)n2c(s/c(=C\c3ccc(N4CCN(C)CC4)o3)c2=O)=N1. The minimum Gasteiger partial charge on any atom is -0.496 e. The summed E-state index contributed by atoms with van der Waals surface area (Å²) in [6.45, 7) is 7.73. The van der Waals surface area contributed by atoms with Crippen LogP contribution in [0.3, 0.4) is 0 Å². The number of likely N-dealkylation sites (N-methyl/N-ethyl adjacent to an activating group) is 1. The summed E-state index contributed by atoms with van der Waals surface area (Å²) < 4.78 is 19.7. The molecule has 0 amide bonds. The number of carbonyl (C=O) groups is 1. The van der Waals surface area contributed by atoms with Gasteiger partial charge in [0.1, 0.15) is 17.6 Å². The van der Waals surface area contributed by atoms with Crippen molar-refractivity contribution in [3.05, 3.63) is 90.8 Å². The smallest absolute Gasteiger partial charge is 0.338 e. The molecule has 1 saturated heterocycles. The van der Waals surface area contributed by atoms with E-state index >= 15 is 0 Å². The molecule has 1 atom stereocenters. The standard InChI is InChI=1S/C33H36N4O5S/c1-5-9-24-29(32(39)41-6-2)30(28-23-11-8-7-10-21(23)12-14-25(28)40-4)37-31(38)26(43-33(37)34-24)20-22-13-15-27(42-22)36-18-16-35(3)17-19-36/h7-8,10-15,20,30H,5-6,9,16-19H2,1-4H3/b26-20-/t30-/m1/s1. The number of thiazole rings is 1. The summed E-state index contributed by atoms with van der Waals surface area (Å²) in [5, 5.41) is 1.87. The zero-order chi connectivity index (χ0) is 30.1. The highest BCUT2D eigenvalue weighted by molar-refractivity contribution is 7.07. The van der Waals surface area contributed by atoms with Crippen LogP contribution < -0.4 is 24.5 Å². The Kier molecular flexibility index (Phi) is 8.23. The largest absolute Gasteiger partial charge is 0.496 e. The predicted octanol–water partition coefficient (Wildman–Crippen LogP) is 4.09. The summed E-state index contributed by atoms with van der Waals surface area (Å²) in [7, 11) is 3.72. The first-order valence-corrected chi connectivity index (χ1v) is 15.6. The highest BCUT2D eigenvalue weighted by Crippen LogP contribution is 2.41. The van der Waals surface area contributed by atoms with Crippen molar-refractivity contribution in [2.45, 2.75) is 32.7 Å². The molecule has 2 aliphatic rings. The molecule has 0 radical (unpaired) electrons. The summed E-state index contributed by atoms with van der Waals surface area (Å²) in [4.78, 5) is 37.9. The van der Waals surface area contributed by atoms with Crippen molar-refractivity contribution in [2.24, 2.45) is 4.99 Å². The third-order valence-electron chi connectivity index (χ3n) is 8.02. The molecule has 0 N–H and O–H groups in total. The average molecular weight is 601 g/mol. The Hall–Kier alpha value is -4.15. The number of benzene rings is 2. The molecule has 4 heterocycles. The number of allylic oxidation sites excluding steroid dienone is 1. The monoisotopic (exact) mass is 600 g/mol. The molecular formula is C33H36N4O5S. The summed E-state index contributed by atoms with van der Waals surface area (Å²) in [5.74, 6) is 1.49. The van der Waals surface area contributed by atoms with E-state index in [2.05, 4.69) is 16.8 Å². The number of esters is 1. The Balaban J connectivity index is 1.55. The Morgan fingerprint density at radius 3 is 2.63 bits per heavy atom. The van der Waals surface area contributed by atoms with E-state index in [1.807, 2.05) is 55.5 Å². The number of hydrogen-bond donors (Lipinski definition) is 0. The maximum Gasteiger partial charge on any atom is 0.338 e. The van der Waals surface area contributed by atoms with Crippen molar-refractivity contribution in [1.82, 2.24) is 9.47 Å². The van der Waals surface area contributed by atoms with Crippen molar-refractivity contribution in [2.75, 3.05) is 51.8 Å². The molecule has 2 aromatic heterocycles. The summed E-state index contributed by atoms with van der Waals surface area (Å²) in [6.07, 6.45) is 3.11. The van der Waals surface area contributed by atoms with Gasteiger partial charge in [0.05, 0.1) is 29.5 Å². The van der Waals surface area contributed by atoms with Gasteiger partial charge in [-0.1, -0.05) is 55.0 Å². The number of methoxy groups -OCH3 is 1. The van der Waals surface area contributed by atoms with Crippen LogP contribution in [0.4, 0.5) is 5.88 Å². The fraction of sp³-hybridized carbons (Fsp3) is 0.364. The van der Waals surface area contributed by atoms with Gasteiger partial charge in [0.2, 0.25) is 0 Å². The molecule has 10 heteroatoms. The maximum atomic E-state index is 14.3. The molecule has 224 valence electrons. The van der Waals surface area contributed by atoms with Crippen molar-refractivity contribution in [3.63, 3.8) is 0 Å². The van der Waals surface area contributed by atoms with Gasteiger partial charge in [0.15, 0.2) is 10.7 Å². The lowest BCUT2D eigenvalue weighted by molar-refractivity contribution is -0.139. The molecule has 2 aliphatic heterocycles. The van der Waals surface area contributed by atoms with Crippen LogP contribution in [0, 0.1) is 0 Å². The maximum absolute atomic E-state index is 14.3. The van der Waals surface area contributed by atoms with Crippen LogP contribution >= 0.6 is 11.3 Å². The predicted molar refractivity (Wildman–Crippen MR) is 169 cm³/mol. The molecule has 9 nitrogen and oxygen atoms in total. The van der Waals surface area contributed by atoms with E-state index in [0.29, 0.717) is 38.5 Å². The van der Waals surface area contributed by atoms with Gasteiger partial charge in [0, 0.05) is 43.9 Å². The summed E-state index contributed by atoms with van der Waals surface area (Å²) in [5.41, 5.74) is 1.48. The number of fused-ring (bicyclic) bond motifs is 2. The van der Waals surface area contributed by atoms with E-state index in [1.54, 1.807) is 24.7 Å². The van der Waals surface area contributed by atoms with Crippen LogP contribution in [-0.4, -0.2) is 62.4 Å². The first kappa shape index (κ1) is 28.9. The van der Waals surface area contributed by atoms with Gasteiger partial charge in [-0.2, -0.15) is 0 Å². The minimum absolute atomic E-state index is 0.208. The average Bonchev–Trinajstić information content (AvgIpc) is 3.60. The molecule has 43 heavy (non-hydrogen) atoms. The molecule has 1 fully saturated rings. The topological polar surface area (TPSA) is 89.5 Å². The van der Waals surface area contributed by atoms with Gasteiger partial charge >= 0.3 is 5.97 Å². The number of ether oxygens (including phenoxy) is 2. The van der Waals surface area contributed by atoms with Crippen LogP contribution in [0.25, 0.3) is 16.8 Å². The number of anilines is 1. The number of nitrogens with zero attached hydrogens (tertiary/aromatic N) is 4. The first-order valence-electron chi connectivity index (χ1n) is 14.7. The van der Waals surface area contributed by atoms with Gasteiger partial charge in [-0.05, 0) is 43.3 Å². The fourth-order valence-corrected chi connectivity index (χ4v) is 6.88. The number of piperazine rings is 1. The van der Waals surface area contributed by atoms with E-state index in [9.17, 15) is 9.59 Å². The van der Waals surface area contributed by atoms with Crippen molar-refractivity contribution < 1.29 is 18.7 Å². The molecule has 6 rings (SSSR count). The zero-order valence-electron chi connectivity index (χ0n) is 25.0. The van der Waals surface area contributed by atoms with Crippen molar-refractivity contribution >= 4 is 40.0 Å². The molecule has 0 aliphatic carbocycles. The lowest BCUT2D eigenvalue weighted by Gasteiger charge is -2.32. The molecule has 4 aromatic rings. The van der Waals surface area contributed by atoms with Crippen LogP contribution in [-0.2, 0) is 9.53 Å². The van der Waals surface area contributed by atoms with E-state index in [0.717, 1.165) is 54.8 Å². The van der Waals surface area contributed by atoms with E-state index in [4.69, 9.17) is 18.9 Å². The second kappa shape index (κ2) is 12.2. The van der Waals surface area contributed by atoms with Crippen LogP contribution in [0.2, 0.25) is 0 Å². The van der Waals surface area contributed by atoms with E-state index in [-0.39, 0.29) is 12.2 Å². The normalized spacial score (nSPS) is 17.7. The van der Waals surface area contributed by atoms with Crippen LogP contribution in [0.1, 0.15) is 44.1 Å². The third kappa shape index (κ3) is 5.41. The summed E-state index contributed by atoms with van der Waals surface area (Å²) in [6, 6.07) is 14.9. The molecule has 0 saturated carbocycles. The van der Waals surface area contributed by atoms with Gasteiger partial charge in [-0.15, -0.1) is 0 Å². The Bertz CT molecular complexity index is 1880. The van der Waals surface area contributed by atoms with Crippen molar-refractivity contribution in [1.29, 1.82) is 0 Å². The van der Waals surface area contributed by atoms with Gasteiger partial charge in [-0.25, -0.2) is 9.79 Å². The van der Waals surface area contributed by atoms with Crippen LogP contribution in [0.15, 0.2) is 74.0 Å². The molecule has 0 bridgehead atoms. The Labute approximate surface area is 254 Å². The lowest BCUT2D eigenvalue weighted by atomic mass is 9.90. The van der Waals surface area contributed by atoms with Gasteiger partial charge < -0.3 is 23.7 Å². The molecule has 2 aromatic carbocycles. The highest BCUT2D eigenvalue weighted by atomic mass is 32.1. The van der Waals surface area contributed by atoms with Crippen LogP contribution in [0.5, 0.6) is 5.75 Å². The highest BCUT2D eigenvalue weighted by Gasteiger charge is 2.37. The molecule has 0 unspecified atom stereocenters. The minimum atomic E-state index is -0.780. The zero-order valence-corrected chi connectivity index (χ0v) is 25.8. The number of furan rings is 1. The quantitative estimate of drug-likeness (QED) is 0.282. The van der Waals surface area contributed by atoms with Crippen molar-refractivity contribution in [3.8, 4) is 5.75 Å². The second-order valence-corrected chi connectivity index (χ2v) is 11.8. The number of rotatable bonds is 8. The first-order chi connectivity index (χ1) is 20.9. The summed E-state index contributed by atoms with van der Waals surface area (Å²) >= 11 is 1.30. The number of carbonyl (C=O) groups excluding carboxylic acids is 1. The Morgan fingerprint density at radius 1 is 1.09 bits per heavy atom. The van der Waals surface area contributed by atoms with Gasteiger partial charge in [-0.3, -0.25) is 9.36 Å². The van der Waals surface area contributed by atoms with Gasteiger partial charge in [0.25, 0.3) is 5.56 Å². The van der Waals surface area contributed by atoms with E-state index in [1.165, 1.54) is 11.3 Å². The molecular weight excluding hydrogens is 564 g/mol. The number of hydrogen-bond acceptors (Lipinski definition) is 9. The fourth-order valence-electron chi connectivity index (χ4n) is 5.88. The second-order valence-electron chi connectivity index (χ2n) is 10.8. The van der Waals surface area contributed by atoms with E-state index < -0.39 is 12.0 Å². The third-order valence-corrected chi connectivity index (χ3v) is 9.00.